The summed E-state index contributed by atoms with van der Waals surface area (Å²) < 4.78 is 4.08. The molecule has 0 rings (SSSR count). The molecule has 0 saturated heterocycles. The Morgan fingerprint density at radius 3 is 0.256 bits per heavy atom. The van der Waals surface area contributed by atoms with Crippen molar-refractivity contribution >= 4 is 168 Å². The average molecular weight is 1940 g/mol. The van der Waals surface area contributed by atoms with Gasteiger partial charge in [-0.2, -0.15) is 0 Å². The second kappa shape index (κ2) is 103. The smallest absolute Gasteiger partial charge is 0.489 e. The van der Waals surface area contributed by atoms with Crippen molar-refractivity contribution in [2.45, 2.75) is 569 Å². The Morgan fingerprint density at radius 1 is 0.137 bits per heavy atom. The number of hydrogen-bond donors (Lipinski definition) is 0. The molecule has 0 bridgehead atoms. The van der Waals surface area contributed by atoms with E-state index in [4.69, 9.17) is 151 Å². The van der Waals surface area contributed by atoms with Crippen molar-refractivity contribution < 1.29 is 36.6 Å². The van der Waals surface area contributed by atoms with Crippen LogP contribution in [0.25, 0.3) is 0 Å². The topological polar surface area (TPSA) is 0 Å². The Morgan fingerprint density at radius 2 is 0.197 bits per heavy atom. The van der Waals surface area contributed by atoms with Crippen molar-refractivity contribution in [3.05, 3.63) is 0 Å². The van der Waals surface area contributed by atoms with Crippen molar-refractivity contribution in [1.29, 1.82) is 0 Å². The van der Waals surface area contributed by atoms with Crippen molar-refractivity contribution in [3.8, 4) is 0 Å². The molecule has 0 aliphatic rings. The summed E-state index contributed by atoms with van der Waals surface area (Å²) in [5, 5.41) is 0. The second-order valence-corrected chi connectivity index (χ2v) is 42.8. The maximum absolute atomic E-state index is 5.84. The zero-order valence-electron chi connectivity index (χ0n) is 79.3. The van der Waals surface area contributed by atoms with Crippen LogP contribution in [0.1, 0.15) is 569 Å². The minimum absolute atomic E-state index is 0. The van der Waals surface area contributed by atoms with Gasteiger partial charge in [0.1, 0.15) is 0 Å². The monoisotopic (exact) mass is 1940 g/mol. The molecule has 0 aromatic rings. The predicted molar refractivity (Wildman–Crippen MR) is 564 cm³/mol. The van der Waals surface area contributed by atoms with E-state index in [0.29, 0.717) is 32.8 Å². The summed E-state index contributed by atoms with van der Waals surface area (Å²) in [5.74, 6) is 0. The van der Waals surface area contributed by atoms with Crippen LogP contribution in [0.5, 0.6) is 0 Å². The number of quaternary nitrogens is 4. The molecule has 0 unspecified atom stereocenters. The molecule has 0 N–H and O–H groups in total. The minimum atomic E-state index is 0. The first kappa shape index (κ1) is 129. The van der Waals surface area contributed by atoms with Gasteiger partial charge in [0, 0.05) is 17.3 Å². The van der Waals surface area contributed by atoms with Crippen LogP contribution in [-0.4, -0.2) is 85.2 Å². The van der Waals surface area contributed by atoms with E-state index < -0.39 is 0 Å². The molecule has 0 saturated carbocycles. The van der Waals surface area contributed by atoms with Gasteiger partial charge in [-0.3, -0.25) is 0 Å². The van der Waals surface area contributed by atoms with E-state index >= 15 is 0 Å². The fourth-order valence-corrected chi connectivity index (χ4v) is 18.5. The summed E-state index contributed by atoms with van der Waals surface area (Å²) >= 11 is 66.2. The van der Waals surface area contributed by atoms with Crippen LogP contribution in [0, 0.1) is 0 Å². The van der Waals surface area contributed by atoms with E-state index in [1.807, 2.05) is 0 Å². The SMILES string of the molecule is CCCCCCCCCCCC[N+]([S-])(CCCCCCCCCCCC)C(=S)[S-].CCCCCCCCCCCC[N+]([S-])(CCCCCCCCCCCC)C(=S)[S-].CCCCCCCCCCCC[N+]([S-])(CCCCCCCCCCCC)C(=S)[S-].CCCCCCCCCCCC[N+]([S-])(CCCCCCCCCCCC)C(=S)[S-].[Mo+4]. The number of hydrogen-bond acceptors (Lipinski definition) is 12. The van der Waals surface area contributed by atoms with Gasteiger partial charge in [-0.1, -0.05) is 466 Å². The van der Waals surface area contributed by atoms with Crippen LogP contribution >= 0.6 is 48.9 Å². The Labute approximate surface area is 817 Å². The van der Waals surface area contributed by atoms with Crippen LogP contribution in [0.15, 0.2) is 0 Å². The zero-order chi connectivity index (χ0) is 86.5. The third-order valence-electron chi connectivity index (χ3n) is 24.3. The van der Waals surface area contributed by atoms with Gasteiger partial charge in [0.2, 0.25) is 0 Å². The maximum atomic E-state index is 5.84. The number of nitrogens with zero attached hydrogens (tertiary/aromatic N) is 4. The molecular weight excluding hydrogens is 1740 g/mol. The van der Waals surface area contributed by atoms with Crippen molar-refractivity contribution in [1.82, 2.24) is 0 Å². The molecule has 0 aromatic heterocycles. The molecule has 0 aromatic carbocycles. The summed E-state index contributed by atoms with van der Waals surface area (Å²) in [7, 11) is 0. The number of thiocarbonyl (C=S) groups is 4. The maximum Gasteiger partial charge on any atom is 4.00 e. The van der Waals surface area contributed by atoms with Gasteiger partial charge in [0.15, 0.2) is 0 Å². The molecule has 17 heteroatoms. The number of unbranched alkanes of at least 4 members (excludes halogenated alkanes) is 72. The van der Waals surface area contributed by atoms with Crippen LogP contribution in [-0.2, 0) is 123 Å². The second-order valence-electron chi connectivity index (χ2n) is 35.9. The molecular formula is C100H200MoN4S12. The first-order valence-electron chi connectivity index (χ1n) is 51.4. The Bertz CT molecular complexity index is 1620. The summed E-state index contributed by atoms with van der Waals surface area (Å²) in [6.07, 6.45) is 108. The first-order valence-corrected chi connectivity index (χ1v) is 56.2. The van der Waals surface area contributed by atoms with Crippen LogP contribution < -0.4 is 0 Å². The summed E-state index contributed by atoms with van der Waals surface area (Å²) in [5.41, 5.74) is 0. The normalized spacial score (nSPS) is 11.7. The molecule has 117 heavy (non-hydrogen) atoms. The molecule has 0 spiro atoms. The summed E-state index contributed by atoms with van der Waals surface area (Å²) in [4.78, 5) is 0. The third kappa shape index (κ3) is 95.1. The Balaban J connectivity index is -0.000000475. The molecule has 0 heterocycles. The molecule has 698 valence electrons. The third-order valence-corrected chi connectivity index (χ3v) is 30.2. The molecule has 0 amide bonds. The van der Waals surface area contributed by atoms with Gasteiger partial charge in [-0.05, 0) is 103 Å². The molecule has 0 aliphatic heterocycles. The van der Waals surface area contributed by atoms with Crippen molar-refractivity contribution in [3.63, 3.8) is 0 Å². The van der Waals surface area contributed by atoms with E-state index in [2.05, 4.69) is 55.4 Å². The van der Waals surface area contributed by atoms with Gasteiger partial charge in [-0.15, -0.1) is 0 Å². The van der Waals surface area contributed by atoms with Crippen molar-refractivity contribution in [2.24, 2.45) is 0 Å². The molecule has 0 atom stereocenters. The molecule has 0 fully saturated rings. The average Bonchev–Trinajstić information content (AvgIpc) is 0.897. The van der Waals surface area contributed by atoms with E-state index in [0.717, 1.165) is 52.4 Å². The quantitative estimate of drug-likeness (QED) is 0.0187. The van der Waals surface area contributed by atoms with E-state index in [1.54, 1.807) is 0 Å². The van der Waals surface area contributed by atoms with E-state index in [9.17, 15) is 0 Å². The van der Waals surface area contributed by atoms with E-state index in [-0.39, 0.29) is 21.1 Å². The predicted octanol–water partition coefficient (Wildman–Crippen LogP) is 35.8. The van der Waals surface area contributed by atoms with Gasteiger partial charge >= 0.3 is 21.1 Å². The minimum Gasteiger partial charge on any atom is -0.489 e. The van der Waals surface area contributed by atoms with Crippen LogP contribution in [0.2, 0.25) is 0 Å². The summed E-state index contributed by atoms with van der Waals surface area (Å²) in [6, 6.07) is 0. The van der Waals surface area contributed by atoms with Crippen LogP contribution in [0.3, 0.4) is 0 Å². The fourth-order valence-electron chi connectivity index (χ4n) is 16.0. The zero-order valence-corrected chi connectivity index (χ0v) is 91.1. The van der Waals surface area contributed by atoms with Gasteiger partial charge < -0.3 is 166 Å². The Kier molecular flexibility index (Phi) is 113. The molecule has 0 radical (unpaired) electrons. The number of rotatable bonds is 88. The standard InChI is InChI=1S/4C25H51NS3.Mo/c4*1-3-5-7-9-11-13-15-17-19-21-23-26(29,25(27)28)24-22-20-18-16-14-12-10-8-6-4-2;/h4*3-24H2,1-2H3,(H,27,28);/q;;;;+4/p-4. The Hall–Kier alpha value is 3.17. The summed E-state index contributed by atoms with van der Waals surface area (Å²) in [6.45, 7) is 26.0. The van der Waals surface area contributed by atoms with E-state index in [1.165, 1.54) is 514 Å². The van der Waals surface area contributed by atoms with Gasteiger partial charge in [0.25, 0.3) is 0 Å². The largest absolute Gasteiger partial charge is 4.00 e. The molecule has 0 aliphatic carbocycles. The fraction of sp³-hybridized carbons (Fsp3) is 0.960. The van der Waals surface area contributed by atoms with Gasteiger partial charge in [-0.25, -0.2) is 0 Å². The van der Waals surface area contributed by atoms with Gasteiger partial charge in [0.05, 0.1) is 52.4 Å². The molecule has 4 nitrogen and oxygen atoms in total. The first-order chi connectivity index (χ1) is 56.3. The van der Waals surface area contributed by atoms with Crippen LogP contribution in [0.4, 0.5) is 0 Å². The van der Waals surface area contributed by atoms with Crippen molar-refractivity contribution in [2.75, 3.05) is 52.4 Å².